The van der Waals surface area contributed by atoms with Crippen molar-refractivity contribution in [2.45, 2.75) is 19.1 Å². The molecule has 0 aromatic heterocycles. The second-order valence-corrected chi connectivity index (χ2v) is 4.92. The van der Waals surface area contributed by atoms with E-state index in [4.69, 9.17) is 5.26 Å². The van der Waals surface area contributed by atoms with Gasteiger partial charge in [0.15, 0.2) is 0 Å². The lowest BCUT2D eigenvalue weighted by molar-refractivity contribution is -0.138. The van der Waals surface area contributed by atoms with Crippen molar-refractivity contribution in [3.8, 4) is 6.07 Å². The Morgan fingerprint density at radius 2 is 2.23 bits per heavy atom. The lowest BCUT2D eigenvalue weighted by Gasteiger charge is -2.44. The molecule has 0 radical (unpaired) electrons. The summed E-state index contributed by atoms with van der Waals surface area (Å²) in [6.45, 7) is 4.97. The van der Waals surface area contributed by atoms with Crippen molar-refractivity contribution in [1.82, 2.24) is 4.90 Å². The largest absolute Gasteiger partial charge is 0.338 e. The summed E-state index contributed by atoms with van der Waals surface area (Å²) in [5, 5.41) is 8.76. The van der Waals surface area contributed by atoms with E-state index in [9.17, 15) is 4.79 Å². The number of amides is 1. The van der Waals surface area contributed by atoms with E-state index < -0.39 is 0 Å². The van der Waals surface area contributed by atoms with Gasteiger partial charge in [-0.1, -0.05) is 0 Å². The highest BCUT2D eigenvalue weighted by molar-refractivity contribution is 7.99. The third kappa shape index (κ3) is 1.97. The summed E-state index contributed by atoms with van der Waals surface area (Å²) in [5.74, 6) is 0.153. The van der Waals surface area contributed by atoms with Gasteiger partial charge in [0.2, 0.25) is 5.91 Å². The smallest absolute Gasteiger partial charge is 0.235 e. The van der Waals surface area contributed by atoms with Crippen LogP contribution in [0.3, 0.4) is 0 Å². The third-order valence-electron chi connectivity index (χ3n) is 2.36. The molecule has 72 valence electrons. The maximum Gasteiger partial charge on any atom is 0.235 e. The molecule has 1 atom stereocenters. The van der Waals surface area contributed by atoms with Gasteiger partial charge >= 0.3 is 0 Å². The molecule has 0 aromatic rings. The van der Waals surface area contributed by atoms with Crippen LogP contribution >= 0.6 is 11.8 Å². The minimum absolute atomic E-state index is 0.0169. The van der Waals surface area contributed by atoms with Gasteiger partial charge in [0, 0.05) is 13.1 Å². The van der Waals surface area contributed by atoms with E-state index in [2.05, 4.69) is 6.07 Å². The van der Waals surface area contributed by atoms with Gasteiger partial charge in [0.05, 0.1) is 16.7 Å². The van der Waals surface area contributed by atoms with Gasteiger partial charge in [-0.3, -0.25) is 4.79 Å². The first kappa shape index (κ1) is 10.4. The first-order valence-electron chi connectivity index (χ1n) is 4.25. The molecule has 0 aromatic carbocycles. The quantitative estimate of drug-likeness (QED) is 0.667. The predicted octanol–water partition coefficient (Wildman–Crippen LogP) is 1.11. The van der Waals surface area contributed by atoms with Crippen LogP contribution in [0.25, 0.3) is 0 Å². The minimum atomic E-state index is -0.298. The Labute approximate surface area is 83.1 Å². The number of carbonyl (C=O) groups is 1. The Balaban J connectivity index is 2.45. The van der Waals surface area contributed by atoms with Gasteiger partial charge in [-0.2, -0.15) is 17.0 Å². The van der Waals surface area contributed by atoms with Crippen LogP contribution in [-0.4, -0.2) is 35.4 Å². The fraction of sp³-hybridized carbons (Fsp3) is 0.778. The van der Waals surface area contributed by atoms with Crippen LogP contribution in [0.2, 0.25) is 0 Å². The zero-order valence-corrected chi connectivity index (χ0v) is 9.02. The first-order valence-corrected chi connectivity index (χ1v) is 5.54. The maximum absolute atomic E-state index is 11.6. The van der Waals surface area contributed by atoms with E-state index in [1.54, 1.807) is 16.7 Å². The standard InChI is InChI=1S/C9H14N2OS/c1-7(13-3)8(12)11-5-9(2,4-10)6-11/h7H,5-6H2,1-3H3. The fourth-order valence-electron chi connectivity index (χ4n) is 1.38. The van der Waals surface area contributed by atoms with Gasteiger partial charge in [0.1, 0.15) is 0 Å². The van der Waals surface area contributed by atoms with Crippen LogP contribution < -0.4 is 0 Å². The molecule has 1 amide bonds. The van der Waals surface area contributed by atoms with Crippen molar-refractivity contribution in [3.63, 3.8) is 0 Å². The number of nitriles is 1. The van der Waals surface area contributed by atoms with E-state index in [0.29, 0.717) is 13.1 Å². The summed E-state index contributed by atoms with van der Waals surface area (Å²) in [4.78, 5) is 13.3. The highest BCUT2D eigenvalue weighted by atomic mass is 32.2. The summed E-state index contributed by atoms with van der Waals surface area (Å²) < 4.78 is 0. The highest BCUT2D eigenvalue weighted by Gasteiger charge is 2.42. The van der Waals surface area contributed by atoms with E-state index in [1.807, 2.05) is 20.1 Å². The number of carbonyl (C=O) groups excluding carboxylic acids is 1. The van der Waals surface area contributed by atoms with Crippen molar-refractivity contribution in [2.75, 3.05) is 19.3 Å². The number of likely N-dealkylation sites (tertiary alicyclic amines) is 1. The van der Waals surface area contributed by atoms with Crippen LogP contribution in [0, 0.1) is 16.7 Å². The number of hydrogen-bond acceptors (Lipinski definition) is 3. The molecule has 1 aliphatic heterocycles. The topological polar surface area (TPSA) is 44.1 Å². The normalized spacial score (nSPS) is 21.5. The van der Waals surface area contributed by atoms with Crippen LogP contribution in [0.15, 0.2) is 0 Å². The molecular weight excluding hydrogens is 184 g/mol. The second kappa shape index (κ2) is 3.59. The molecule has 0 N–H and O–H groups in total. The van der Waals surface area contributed by atoms with E-state index >= 15 is 0 Å². The molecule has 1 heterocycles. The highest BCUT2D eigenvalue weighted by Crippen LogP contribution is 2.30. The molecule has 4 heteroatoms. The molecular formula is C9H14N2OS. The molecule has 0 spiro atoms. The molecule has 1 fully saturated rings. The SMILES string of the molecule is CSC(C)C(=O)N1CC(C)(C#N)C1. The molecule has 0 bridgehead atoms. The van der Waals surface area contributed by atoms with Crippen molar-refractivity contribution in [2.24, 2.45) is 5.41 Å². The second-order valence-electron chi connectivity index (χ2n) is 3.74. The molecule has 0 saturated carbocycles. The van der Waals surface area contributed by atoms with Crippen LogP contribution in [-0.2, 0) is 4.79 Å². The van der Waals surface area contributed by atoms with Crippen LogP contribution in [0.5, 0.6) is 0 Å². The predicted molar refractivity (Wildman–Crippen MR) is 53.3 cm³/mol. The monoisotopic (exact) mass is 198 g/mol. The zero-order valence-electron chi connectivity index (χ0n) is 8.20. The molecule has 1 saturated heterocycles. The lowest BCUT2D eigenvalue weighted by atomic mass is 9.83. The average Bonchev–Trinajstić information content (AvgIpc) is 2.10. The number of rotatable bonds is 2. The number of nitrogens with zero attached hydrogens (tertiary/aromatic N) is 2. The Hall–Kier alpha value is -0.690. The summed E-state index contributed by atoms with van der Waals surface area (Å²) in [6.07, 6.45) is 1.92. The van der Waals surface area contributed by atoms with Crippen molar-refractivity contribution >= 4 is 17.7 Å². The average molecular weight is 198 g/mol. The number of hydrogen-bond donors (Lipinski definition) is 0. The van der Waals surface area contributed by atoms with E-state index in [0.717, 1.165) is 0 Å². The van der Waals surface area contributed by atoms with Gasteiger partial charge in [-0.05, 0) is 20.1 Å². The maximum atomic E-state index is 11.6. The first-order chi connectivity index (χ1) is 6.02. The summed E-state index contributed by atoms with van der Waals surface area (Å²) in [7, 11) is 0. The molecule has 1 rings (SSSR count). The lowest BCUT2D eigenvalue weighted by Crippen LogP contribution is -2.58. The summed E-state index contributed by atoms with van der Waals surface area (Å²) in [5.41, 5.74) is -0.298. The zero-order chi connectivity index (χ0) is 10.1. The van der Waals surface area contributed by atoms with Crippen LogP contribution in [0.4, 0.5) is 0 Å². The fourth-order valence-corrected chi connectivity index (χ4v) is 1.73. The van der Waals surface area contributed by atoms with Gasteiger partial charge in [-0.15, -0.1) is 0 Å². The Bertz CT molecular complexity index is 253. The van der Waals surface area contributed by atoms with Crippen molar-refractivity contribution in [1.29, 1.82) is 5.26 Å². The molecule has 13 heavy (non-hydrogen) atoms. The third-order valence-corrected chi connectivity index (χ3v) is 3.27. The van der Waals surface area contributed by atoms with Crippen molar-refractivity contribution < 1.29 is 4.79 Å². The van der Waals surface area contributed by atoms with Gasteiger partial charge < -0.3 is 4.90 Å². The Morgan fingerprint density at radius 3 is 2.62 bits per heavy atom. The van der Waals surface area contributed by atoms with E-state index in [1.165, 1.54) is 0 Å². The summed E-state index contributed by atoms with van der Waals surface area (Å²) in [6, 6.07) is 2.22. The Morgan fingerprint density at radius 1 is 1.69 bits per heavy atom. The van der Waals surface area contributed by atoms with Crippen molar-refractivity contribution in [3.05, 3.63) is 0 Å². The van der Waals surface area contributed by atoms with Gasteiger partial charge in [-0.25, -0.2) is 0 Å². The molecule has 0 aliphatic carbocycles. The minimum Gasteiger partial charge on any atom is -0.338 e. The van der Waals surface area contributed by atoms with E-state index in [-0.39, 0.29) is 16.6 Å². The molecule has 3 nitrogen and oxygen atoms in total. The summed E-state index contributed by atoms with van der Waals surface area (Å²) >= 11 is 1.54. The molecule has 1 aliphatic rings. The van der Waals surface area contributed by atoms with Gasteiger partial charge in [0.25, 0.3) is 0 Å². The van der Waals surface area contributed by atoms with Crippen LogP contribution in [0.1, 0.15) is 13.8 Å². The number of thioether (sulfide) groups is 1. The Kier molecular flexibility index (Phi) is 2.87. The molecule has 1 unspecified atom stereocenters.